The van der Waals surface area contributed by atoms with Crippen molar-refractivity contribution in [2.24, 2.45) is 5.41 Å². The number of likely N-dealkylation sites (tertiary alicyclic amines) is 1. The number of hydrogen-bond donors (Lipinski definition) is 5. The molecule has 288 valence electrons. The number of nitrogens with one attached hydrogen (secondary N) is 2. The Morgan fingerprint density at radius 3 is 2.45 bits per heavy atom. The van der Waals surface area contributed by atoms with Crippen LogP contribution in [0.5, 0.6) is 5.75 Å². The number of piperidine rings is 1. The predicted octanol–water partition coefficient (Wildman–Crippen LogP) is 5.82. The molecule has 2 aromatic carbocycles. The second-order valence-corrected chi connectivity index (χ2v) is 16.9. The number of carbonyl (C=O) groups excluding carboxylic acids is 1. The van der Waals surface area contributed by atoms with E-state index in [1.165, 1.54) is 34.8 Å². The monoisotopic (exact) mass is 782 g/mol. The average Bonchev–Trinajstić information content (AvgIpc) is 4.01. The molecule has 2 fully saturated rings. The van der Waals surface area contributed by atoms with E-state index in [4.69, 9.17) is 4.74 Å². The maximum atomic E-state index is 13.5. The number of hydrogen-bond acceptors (Lipinski definition) is 12. The van der Waals surface area contributed by atoms with Crippen molar-refractivity contribution < 1.29 is 24.9 Å². The van der Waals surface area contributed by atoms with E-state index in [0.29, 0.717) is 38.2 Å². The second-order valence-electron chi connectivity index (χ2n) is 15.0. The Labute approximate surface area is 326 Å². The lowest BCUT2D eigenvalue weighted by Crippen LogP contribution is -2.44. The number of phenols is 1. The fourth-order valence-corrected chi connectivity index (χ4v) is 10.1. The summed E-state index contributed by atoms with van der Waals surface area (Å²) >= 11 is 2.74. The molecule has 5 heterocycles. The Morgan fingerprint density at radius 2 is 1.75 bits per heavy atom. The van der Waals surface area contributed by atoms with Gasteiger partial charge in [-0.1, -0.05) is 29.5 Å². The summed E-state index contributed by atoms with van der Waals surface area (Å²) in [5.74, 6) is -0.605. The number of ether oxygens (including phenoxy) is 1. The highest BCUT2D eigenvalue weighted by atomic mass is 32.1. The molecule has 1 saturated carbocycles. The number of rotatable bonds is 13. The molecule has 0 radical (unpaired) electrons. The van der Waals surface area contributed by atoms with E-state index >= 15 is 0 Å². The van der Waals surface area contributed by atoms with Gasteiger partial charge in [-0.15, -0.1) is 27.8 Å². The molecule has 14 heteroatoms. The molecule has 8 rings (SSSR count). The topological polar surface area (TPSA) is 166 Å². The van der Waals surface area contributed by atoms with Gasteiger partial charge in [-0.2, -0.15) is 0 Å². The minimum atomic E-state index is -1.76. The van der Waals surface area contributed by atoms with Crippen molar-refractivity contribution in [3.05, 3.63) is 109 Å². The highest BCUT2D eigenvalue weighted by Crippen LogP contribution is 2.46. The molecule has 1 atom stereocenters. The summed E-state index contributed by atoms with van der Waals surface area (Å²) in [5, 5.41) is 49.2. The van der Waals surface area contributed by atoms with Gasteiger partial charge in [0, 0.05) is 31.1 Å². The average molecular weight is 783 g/mol. The van der Waals surface area contributed by atoms with Crippen molar-refractivity contribution in [2.75, 3.05) is 26.2 Å². The van der Waals surface area contributed by atoms with Crippen LogP contribution in [0.25, 0.3) is 21.9 Å². The van der Waals surface area contributed by atoms with E-state index in [1.807, 2.05) is 33.6 Å². The third kappa shape index (κ3) is 7.84. The van der Waals surface area contributed by atoms with Crippen LogP contribution < -0.4 is 10.9 Å². The van der Waals surface area contributed by atoms with Gasteiger partial charge in [0.2, 0.25) is 11.2 Å². The SMILES string of the molecule is O=C(OC1CCC2(CC1)CCN(CCCn1nnc3cc(CNC[C@H](O)c4ccc(O)c5[nH]c(=O)ccc45)ccc31)CC2)C(O)(c1cccs1)c1cccs1. The number of benzene rings is 2. The molecular formula is C41H46N6O6S2. The van der Waals surface area contributed by atoms with Gasteiger partial charge >= 0.3 is 5.97 Å². The lowest BCUT2D eigenvalue weighted by atomic mass is 9.67. The van der Waals surface area contributed by atoms with Crippen LogP contribution in [0.4, 0.5) is 0 Å². The minimum Gasteiger partial charge on any atom is -0.506 e. The van der Waals surface area contributed by atoms with E-state index in [0.717, 1.165) is 87.7 Å². The van der Waals surface area contributed by atoms with Gasteiger partial charge in [0.25, 0.3) is 0 Å². The van der Waals surface area contributed by atoms with Crippen molar-refractivity contribution in [1.82, 2.24) is 30.2 Å². The number of aryl methyl sites for hydroxylation is 1. The first-order chi connectivity index (χ1) is 26.7. The molecule has 55 heavy (non-hydrogen) atoms. The molecule has 2 aliphatic rings. The summed E-state index contributed by atoms with van der Waals surface area (Å²) in [6, 6.07) is 19.6. The largest absolute Gasteiger partial charge is 0.506 e. The van der Waals surface area contributed by atoms with Gasteiger partial charge in [0.1, 0.15) is 17.4 Å². The maximum absolute atomic E-state index is 13.5. The van der Waals surface area contributed by atoms with E-state index < -0.39 is 17.7 Å². The number of aromatic amines is 1. The van der Waals surface area contributed by atoms with E-state index in [1.54, 1.807) is 24.3 Å². The molecule has 12 nitrogen and oxygen atoms in total. The molecule has 0 amide bonds. The number of H-pyrrole nitrogens is 1. The fraction of sp³-hybridized carbons (Fsp3) is 0.415. The molecule has 1 aliphatic carbocycles. The summed E-state index contributed by atoms with van der Waals surface area (Å²) in [4.78, 5) is 31.6. The summed E-state index contributed by atoms with van der Waals surface area (Å²) in [5.41, 5.74) is 2.01. The van der Waals surface area contributed by atoms with Gasteiger partial charge in [-0.3, -0.25) is 4.79 Å². The summed E-state index contributed by atoms with van der Waals surface area (Å²) < 4.78 is 7.99. The van der Waals surface area contributed by atoms with E-state index in [9.17, 15) is 24.9 Å². The molecule has 0 unspecified atom stereocenters. The first kappa shape index (κ1) is 37.5. The van der Waals surface area contributed by atoms with Crippen LogP contribution in [0.3, 0.4) is 0 Å². The van der Waals surface area contributed by atoms with Crippen LogP contribution in [0, 0.1) is 5.41 Å². The summed E-state index contributed by atoms with van der Waals surface area (Å²) in [6.45, 7) is 4.72. The minimum absolute atomic E-state index is 0.0356. The van der Waals surface area contributed by atoms with E-state index in [-0.39, 0.29) is 24.0 Å². The van der Waals surface area contributed by atoms with Gasteiger partial charge in [0.15, 0.2) is 0 Å². The quantitative estimate of drug-likeness (QED) is 0.0902. The number of aliphatic hydroxyl groups is 2. The van der Waals surface area contributed by atoms with Crippen molar-refractivity contribution in [1.29, 1.82) is 0 Å². The van der Waals surface area contributed by atoms with E-state index in [2.05, 4.69) is 37.6 Å². The van der Waals surface area contributed by atoms with Crippen LogP contribution in [0.2, 0.25) is 0 Å². The fourth-order valence-electron chi connectivity index (χ4n) is 8.35. The third-order valence-corrected chi connectivity index (χ3v) is 13.5. The van der Waals surface area contributed by atoms with Crippen LogP contribution in [0.15, 0.2) is 82.3 Å². The predicted molar refractivity (Wildman–Crippen MR) is 213 cm³/mol. The number of aliphatic hydroxyl groups excluding tert-OH is 1. The zero-order chi connectivity index (χ0) is 38.0. The summed E-state index contributed by atoms with van der Waals surface area (Å²) in [7, 11) is 0. The maximum Gasteiger partial charge on any atom is 0.349 e. The summed E-state index contributed by atoms with van der Waals surface area (Å²) in [6.07, 6.45) is 6.00. The Kier molecular flexibility index (Phi) is 10.9. The van der Waals surface area contributed by atoms with Gasteiger partial charge in [-0.05, 0) is 128 Å². The number of thiophene rings is 2. The lowest BCUT2D eigenvalue weighted by Gasteiger charge is -2.46. The number of fused-ring (bicyclic) bond motifs is 2. The van der Waals surface area contributed by atoms with Gasteiger partial charge < -0.3 is 35.3 Å². The normalized spacial score (nSPS) is 17.3. The first-order valence-corrected chi connectivity index (χ1v) is 20.8. The number of esters is 1. The van der Waals surface area contributed by atoms with Crippen molar-refractivity contribution in [2.45, 2.75) is 75.8 Å². The van der Waals surface area contributed by atoms with Crippen molar-refractivity contribution >= 4 is 50.6 Å². The number of pyridine rings is 1. The highest BCUT2D eigenvalue weighted by Gasteiger charge is 2.46. The van der Waals surface area contributed by atoms with Gasteiger partial charge in [-0.25, -0.2) is 9.48 Å². The number of nitrogens with zero attached hydrogens (tertiary/aromatic N) is 4. The van der Waals surface area contributed by atoms with Crippen molar-refractivity contribution in [3.63, 3.8) is 0 Å². The number of phenolic OH excluding ortho intramolecular Hbond substituents is 1. The van der Waals surface area contributed by atoms with Crippen LogP contribution >= 0.6 is 22.7 Å². The zero-order valence-electron chi connectivity index (χ0n) is 30.5. The Bertz CT molecular complexity index is 2250. The number of carbonyl (C=O) groups is 1. The number of aromatic hydroxyl groups is 1. The first-order valence-electron chi connectivity index (χ1n) is 19.0. The number of aromatic nitrogens is 4. The molecular weight excluding hydrogens is 737 g/mol. The Balaban J connectivity index is 0.772. The lowest BCUT2D eigenvalue weighted by molar-refractivity contribution is -0.170. The van der Waals surface area contributed by atoms with Gasteiger partial charge in [0.05, 0.1) is 26.9 Å². The highest BCUT2D eigenvalue weighted by molar-refractivity contribution is 7.12. The molecule has 1 spiro atoms. The molecule has 4 aromatic heterocycles. The third-order valence-electron chi connectivity index (χ3n) is 11.6. The van der Waals surface area contributed by atoms with Crippen molar-refractivity contribution in [3.8, 4) is 5.75 Å². The smallest absolute Gasteiger partial charge is 0.349 e. The van der Waals surface area contributed by atoms with Crippen LogP contribution in [0.1, 0.15) is 71.9 Å². The van der Waals surface area contributed by atoms with Crippen LogP contribution in [-0.4, -0.2) is 78.4 Å². The second kappa shape index (κ2) is 16.0. The zero-order valence-corrected chi connectivity index (χ0v) is 32.2. The Hall–Kier alpha value is -4.44. The van der Waals surface area contributed by atoms with Crippen LogP contribution in [-0.2, 0) is 28.2 Å². The Morgan fingerprint density at radius 1 is 1.00 bits per heavy atom. The molecule has 0 bridgehead atoms. The standard InChI is InChI=1S/C41H46N6O6S2/c48-33-10-7-29(30-8-11-37(50)43-38(30)33)34(49)26-42-25-27-6-9-32-31(24-27)44-45-47(32)19-3-18-46-20-16-40(17-21-46)14-12-28(13-15-40)53-39(51)41(52,35-4-1-22-54-35)36-5-2-23-55-36/h1-2,4-11,22-24,28,34,42,48-49,52H,3,12-21,25-26H2,(H,43,50)/t34-/m0/s1. The molecule has 5 N–H and O–H groups in total. The molecule has 1 saturated heterocycles. The molecule has 6 aromatic rings. The molecule has 1 aliphatic heterocycles.